The Balaban J connectivity index is 1.32. The summed E-state index contributed by atoms with van der Waals surface area (Å²) in [4.78, 5) is 43.7. The van der Waals surface area contributed by atoms with Crippen LogP contribution in [0.2, 0.25) is 0 Å². The third-order valence-electron chi connectivity index (χ3n) is 8.55. The molecule has 0 fully saturated rings. The number of rotatable bonds is 24. The number of fused-ring (bicyclic) bond motifs is 3. The first-order valence-corrected chi connectivity index (χ1v) is 18.8. The number of hydrogen-bond donors (Lipinski definition) is 3. The summed E-state index contributed by atoms with van der Waals surface area (Å²) in [5, 5.41) is 2.79. The highest BCUT2D eigenvalue weighted by atomic mass is 31.2. The van der Waals surface area contributed by atoms with Gasteiger partial charge in [-0.05, 0) is 60.8 Å². The summed E-state index contributed by atoms with van der Waals surface area (Å²) >= 11 is 0. The summed E-state index contributed by atoms with van der Waals surface area (Å²) in [6, 6.07) is 15.5. The second kappa shape index (κ2) is 21.2. The number of ether oxygens (including phenoxy) is 1. The van der Waals surface area contributed by atoms with Crippen molar-refractivity contribution in [2.75, 3.05) is 13.2 Å². The fourth-order valence-electron chi connectivity index (χ4n) is 6.02. The van der Waals surface area contributed by atoms with Crippen molar-refractivity contribution >= 4 is 19.7 Å². The van der Waals surface area contributed by atoms with Gasteiger partial charge in [0, 0.05) is 18.8 Å². The fourth-order valence-corrected chi connectivity index (χ4v) is 6.39. The van der Waals surface area contributed by atoms with Crippen molar-refractivity contribution in [3.05, 3.63) is 71.8 Å². The van der Waals surface area contributed by atoms with Crippen LogP contribution in [-0.4, -0.2) is 40.9 Å². The summed E-state index contributed by atoms with van der Waals surface area (Å²) in [5.74, 6) is -0.713. The third kappa shape index (κ3) is 14.3. The van der Waals surface area contributed by atoms with Crippen LogP contribution in [0.25, 0.3) is 11.1 Å². The van der Waals surface area contributed by atoms with Crippen molar-refractivity contribution in [1.29, 1.82) is 0 Å². The number of carbonyl (C=O) groups is 2. The molecule has 3 N–H and O–H groups in total. The Kier molecular flexibility index (Phi) is 17.3. The molecule has 0 bridgehead atoms. The van der Waals surface area contributed by atoms with E-state index in [0.717, 1.165) is 60.8 Å². The predicted octanol–water partition coefficient (Wildman–Crippen LogP) is 8.75. The van der Waals surface area contributed by atoms with Crippen molar-refractivity contribution in [3.63, 3.8) is 0 Å². The van der Waals surface area contributed by atoms with Crippen LogP contribution in [0.4, 0.5) is 0 Å². The minimum atomic E-state index is -4.73. The minimum absolute atomic E-state index is 0.0150. The number of esters is 1. The maximum atomic E-state index is 12.7. The van der Waals surface area contributed by atoms with Crippen LogP contribution >= 0.6 is 7.82 Å². The largest absolute Gasteiger partial charge is 0.469 e. The van der Waals surface area contributed by atoms with Crippen molar-refractivity contribution in [3.8, 4) is 11.1 Å². The van der Waals surface area contributed by atoms with E-state index in [9.17, 15) is 23.9 Å². The molecule has 46 heavy (non-hydrogen) atoms. The monoisotopic (exact) mass is 655 g/mol. The Morgan fingerprint density at radius 2 is 1.35 bits per heavy atom. The van der Waals surface area contributed by atoms with Crippen LogP contribution in [-0.2, 0) is 23.4 Å². The van der Waals surface area contributed by atoms with Gasteiger partial charge < -0.3 is 19.8 Å². The van der Waals surface area contributed by atoms with Crippen LogP contribution in [0.15, 0.2) is 60.7 Å². The molecule has 0 saturated heterocycles. The lowest BCUT2D eigenvalue weighted by Crippen LogP contribution is -2.38. The summed E-state index contributed by atoms with van der Waals surface area (Å²) in [7, 11) is -4.73. The molecule has 1 atom stereocenters. The first-order chi connectivity index (χ1) is 22.3. The van der Waals surface area contributed by atoms with E-state index >= 15 is 0 Å². The van der Waals surface area contributed by atoms with E-state index in [1.165, 1.54) is 44.9 Å². The smallest absolute Gasteiger partial charge is 0.465 e. The van der Waals surface area contributed by atoms with Crippen molar-refractivity contribution in [2.45, 2.75) is 122 Å². The molecule has 0 radical (unpaired) electrons. The van der Waals surface area contributed by atoms with Crippen LogP contribution in [0.1, 0.15) is 127 Å². The number of phosphoric ester groups is 1. The molecule has 254 valence electrons. The molecule has 0 heterocycles. The number of amides is 1. The van der Waals surface area contributed by atoms with Gasteiger partial charge in [0.2, 0.25) is 5.91 Å². The number of nitrogens with one attached hydrogen (secondary N) is 1. The Morgan fingerprint density at radius 1 is 0.804 bits per heavy atom. The average molecular weight is 656 g/mol. The standard InChI is InChI=1S/C37H54NO7P/c1-2-3-4-5-6-7-8-9-10-11-12-13-14-15-16-25-36(39)38-30(28-45-46(41,42)43)26-27-37(40)44-29-35-33-23-19-17-21-31(33)32-22-18-20-24-34(32)35/h9-10,17-24,30,35H,2-8,11-16,25-29H2,1H3,(H,38,39)(H2,41,42,43)/t30-/m1/s1. The highest BCUT2D eigenvalue weighted by Crippen LogP contribution is 2.44. The highest BCUT2D eigenvalue weighted by Gasteiger charge is 2.29. The van der Waals surface area contributed by atoms with Crippen molar-refractivity contribution in [2.24, 2.45) is 0 Å². The number of benzene rings is 2. The lowest BCUT2D eigenvalue weighted by Gasteiger charge is -2.19. The van der Waals surface area contributed by atoms with Gasteiger partial charge >= 0.3 is 13.8 Å². The molecule has 1 amide bonds. The number of carbonyl (C=O) groups excluding carboxylic acids is 2. The van der Waals surface area contributed by atoms with E-state index < -0.39 is 19.8 Å². The molecule has 0 aromatic heterocycles. The maximum Gasteiger partial charge on any atom is 0.469 e. The molecule has 0 saturated carbocycles. The summed E-state index contributed by atoms with van der Waals surface area (Å²) in [6.07, 6.45) is 20.3. The molecule has 1 aliphatic rings. The average Bonchev–Trinajstić information content (AvgIpc) is 3.36. The molecule has 8 nitrogen and oxygen atoms in total. The number of phosphoric acid groups is 1. The normalized spacial score (nSPS) is 13.5. The predicted molar refractivity (Wildman–Crippen MR) is 183 cm³/mol. The topological polar surface area (TPSA) is 122 Å². The van der Waals surface area contributed by atoms with Gasteiger partial charge in [0.05, 0.1) is 12.6 Å². The number of allylic oxidation sites excluding steroid dienone is 2. The molecule has 9 heteroatoms. The Morgan fingerprint density at radius 3 is 1.93 bits per heavy atom. The number of hydrogen-bond acceptors (Lipinski definition) is 5. The minimum Gasteiger partial charge on any atom is -0.465 e. The molecular formula is C37H54NO7P. The van der Waals surface area contributed by atoms with Gasteiger partial charge in [-0.3, -0.25) is 14.1 Å². The Labute approximate surface area is 275 Å². The Bertz CT molecular complexity index is 1230. The van der Waals surface area contributed by atoms with Crippen LogP contribution in [0.5, 0.6) is 0 Å². The second-order valence-electron chi connectivity index (χ2n) is 12.3. The fraction of sp³-hybridized carbons (Fsp3) is 0.568. The van der Waals surface area contributed by atoms with Crippen molar-refractivity contribution in [1.82, 2.24) is 5.32 Å². The quantitative estimate of drug-likeness (QED) is 0.0447. The van der Waals surface area contributed by atoms with Gasteiger partial charge in [0.1, 0.15) is 6.61 Å². The summed E-state index contributed by atoms with van der Waals surface area (Å²) in [5.41, 5.74) is 4.52. The van der Waals surface area contributed by atoms with Gasteiger partial charge in [0.25, 0.3) is 0 Å². The molecule has 3 rings (SSSR count). The van der Waals surface area contributed by atoms with Gasteiger partial charge in [-0.15, -0.1) is 0 Å². The molecule has 1 aliphatic carbocycles. The van der Waals surface area contributed by atoms with E-state index in [-0.39, 0.29) is 37.9 Å². The van der Waals surface area contributed by atoms with E-state index in [0.29, 0.717) is 6.42 Å². The van der Waals surface area contributed by atoms with Crippen LogP contribution in [0.3, 0.4) is 0 Å². The summed E-state index contributed by atoms with van der Waals surface area (Å²) < 4.78 is 21.6. The molecule has 2 aromatic rings. The maximum absolute atomic E-state index is 12.7. The van der Waals surface area contributed by atoms with E-state index in [4.69, 9.17) is 4.74 Å². The SMILES string of the molecule is CCCCCCCCC=CCCCCCCCC(=O)N[C@H](CCC(=O)OCC1c2ccccc2-c2ccccc21)COP(=O)(O)O. The highest BCUT2D eigenvalue weighted by molar-refractivity contribution is 7.46. The van der Waals surface area contributed by atoms with Gasteiger partial charge in [-0.1, -0.05) is 119 Å². The van der Waals surface area contributed by atoms with Crippen molar-refractivity contribution < 1.29 is 33.2 Å². The molecule has 2 aromatic carbocycles. The molecule has 0 spiro atoms. The molecule has 0 unspecified atom stereocenters. The zero-order chi connectivity index (χ0) is 33.0. The van der Waals surface area contributed by atoms with Gasteiger partial charge in [-0.2, -0.15) is 0 Å². The lowest BCUT2D eigenvalue weighted by atomic mass is 9.98. The first-order valence-electron chi connectivity index (χ1n) is 17.3. The van der Waals surface area contributed by atoms with Crippen LogP contribution in [0, 0.1) is 0 Å². The van der Waals surface area contributed by atoms with Gasteiger partial charge in [-0.25, -0.2) is 4.57 Å². The van der Waals surface area contributed by atoms with E-state index in [1.807, 2.05) is 24.3 Å². The van der Waals surface area contributed by atoms with E-state index in [1.54, 1.807) is 0 Å². The second-order valence-corrected chi connectivity index (χ2v) is 13.6. The lowest BCUT2D eigenvalue weighted by molar-refractivity contribution is -0.144. The third-order valence-corrected chi connectivity index (χ3v) is 9.03. The molecular weight excluding hydrogens is 601 g/mol. The number of unbranched alkanes of at least 4 members (excludes halogenated alkanes) is 11. The summed E-state index contributed by atoms with van der Waals surface area (Å²) in [6.45, 7) is 2.05. The van der Waals surface area contributed by atoms with Crippen LogP contribution < -0.4 is 5.32 Å². The first kappa shape index (κ1) is 37.7. The zero-order valence-corrected chi connectivity index (χ0v) is 28.4. The molecule has 0 aliphatic heterocycles. The zero-order valence-electron chi connectivity index (χ0n) is 27.5. The van der Waals surface area contributed by atoms with E-state index in [2.05, 4.69) is 53.2 Å². The van der Waals surface area contributed by atoms with Gasteiger partial charge in [0.15, 0.2) is 0 Å². The Hall–Kier alpha value is -2.77.